The highest BCUT2D eigenvalue weighted by Gasteiger charge is 2.27. The molecule has 6 nitrogen and oxygen atoms in total. The van der Waals surface area contributed by atoms with Gasteiger partial charge in [-0.15, -0.1) is 0 Å². The second-order valence-corrected chi connectivity index (χ2v) is 7.97. The SMILES string of the molecule is CC(CC(=O)O)N1CCC2=NC(c3ccc(OCc4cccc(F)c4)cc3)NC=C2C1. The van der Waals surface area contributed by atoms with E-state index in [4.69, 9.17) is 14.8 Å². The largest absolute Gasteiger partial charge is 0.489 e. The fourth-order valence-electron chi connectivity index (χ4n) is 3.92. The van der Waals surface area contributed by atoms with Gasteiger partial charge in [-0.2, -0.15) is 0 Å². The van der Waals surface area contributed by atoms with E-state index in [1.807, 2.05) is 43.5 Å². The molecule has 1 saturated heterocycles. The number of fused-ring (bicyclic) bond motifs is 1. The molecule has 2 aliphatic rings. The van der Waals surface area contributed by atoms with Crippen LogP contribution >= 0.6 is 0 Å². The van der Waals surface area contributed by atoms with Crippen LogP contribution < -0.4 is 10.1 Å². The van der Waals surface area contributed by atoms with Crippen LogP contribution in [0.15, 0.2) is 65.3 Å². The van der Waals surface area contributed by atoms with E-state index in [2.05, 4.69) is 10.2 Å². The van der Waals surface area contributed by atoms with Gasteiger partial charge in [0.2, 0.25) is 0 Å². The maximum absolute atomic E-state index is 13.3. The van der Waals surface area contributed by atoms with Crippen molar-refractivity contribution in [3.63, 3.8) is 0 Å². The summed E-state index contributed by atoms with van der Waals surface area (Å²) in [5.41, 5.74) is 4.01. The Kier molecular flexibility index (Phi) is 6.32. The van der Waals surface area contributed by atoms with Gasteiger partial charge in [-0.3, -0.25) is 14.7 Å². The lowest BCUT2D eigenvalue weighted by Gasteiger charge is -2.36. The Morgan fingerprint density at radius 3 is 2.87 bits per heavy atom. The van der Waals surface area contributed by atoms with E-state index in [1.54, 1.807) is 6.07 Å². The summed E-state index contributed by atoms with van der Waals surface area (Å²) < 4.78 is 19.0. The molecule has 162 valence electrons. The van der Waals surface area contributed by atoms with Crippen LogP contribution in [-0.2, 0) is 11.4 Å². The van der Waals surface area contributed by atoms with Crippen LogP contribution in [0.2, 0.25) is 0 Å². The Bertz CT molecular complexity index is 1000. The third-order valence-electron chi connectivity index (χ3n) is 5.66. The van der Waals surface area contributed by atoms with Crippen LogP contribution in [0.1, 0.15) is 37.1 Å². The number of aliphatic carboxylic acids is 1. The molecule has 2 heterocycles. The Morgan fingerprint density at radius 1 is 1.32 bits per heavy atom. The lowest BCUT2D eigenvalue weighted by atomic mass is 9.98. The van der Waals surface area contributed by atoms with Crippen LogP contribution in [0.25, 0.3) is 0 Å². The van der Waals surface area contributed by atoms with Crippen LogP contribution in [0.4, 0.5) is 4.39 Å². The second kappa shape index (κ2) is 9.31. The Morgan fingerprint density at radius 2 is 2.13 bits per heavy atom. The number of ether oxygens (including phenoxy) is 1. The van der Waals surface area contributed by atoms with Crippen molar-refractivity contribution < 1.29 is 19.0 Å². The lowest BCUT2D eigenvalue weighted by molar-refractivity contribution is -0.138. The predicted octanol–water partition coefficient (Wildman–Crippen LogP) is 3.90. The maximum atomic E-state index is 13.3. The summed E-state index contributed by atoms with van der Waals surface area (Å²) in [5.74, 6) is -0.326. The van der Waals surface area contributed by atoms with E-state index in [-0.39, 0.29) is 24.4 Å². The van der Waals surface area contributed by atoms with Gasteiger partial charge >= 0.3 is 5.97 Å². The number of halogens is 1. The van der Waals surface area contributed by atoms with Gasteiger partial charge in [0.1, 0.15) is 24.3 Å². The molecule has 4 rings (SSSR count). The highest BCUT2D eigenvalue weighted by Crippen LogP contribution is 2.26. The molecule has 2 aromatic carbocycles. The number of carboxylic acids is 1. The first kappa shape index (κ1) is 21.1. The summed E-state index contributed by atoms with van der Waals surface area (Å²) in [5, 5.41) is 12.4. The zero-order valence-electron chi connectivity index (χ0n) is 17.4. The molecular weight excluding hydrogens is 397 g/mol. The van der Waals surface area contributed by atoms with E-state index in [0.717, 1.165) is 35.4 Å². The molecule has 0 saturated carbocycles. The zero-order valence-corrected chi connectivity index (χ0v) is 17.4. The van der Waals surface area contributed by atoms with Crippen LogP contribution in [0.5, 0.6) is 5.75 Å². The average Bonchev–Trinajstić information content (AvgIpc) is 2.77. The van der Waals surface area contributed by atoms with Gasteiger partial charge in [0.15, 0.2) is 0 Å². The molecule has 0 bridgehead atoms. The van der Waals surface area contributed by atoms with Crippen molar-refractivity contribution >= 4 is 11.7 Å². The summed E-state index contributed by atoms with van der Waals surface area (Å²) in [7, 11) is 0. The summed E-state index contributed by atoms with van der Waals surface area (Å²) in [6.45, 7) is 3.78. The molecule has 0 radical (unpaired) electrons. The number of benzene rings is 2. The second-order valence-electron chi connectivity index (χ2n) is 7.97. The number of nitrogens with zero attached hydrogens (tertiary/aromatic N) is 2. The predicted molar refractivity (Wildman–Crippen MR) is 116 cm³/mol. The van der Waals surface area contributed by atoms with Gasteiger partial charge in [0.05, 0.1) is 6.42 Å². The summed E-state index contributed by atoms with van der Waals surface area (Å²) >= 11 is 0. The van der Waals surface area contributed by atoms with Crippen molar-refractivity contribution in [1.29, 1.82) is 0 Å². The molecule has 2 unspecified atom stereocenters. The van der Waals surface area contributed by atoms with Crippen LogP contribution in [0.3, 0.4) is 0 Å². The quantitative estimate of drug-likeness (QED) is 0.707. The van der Waals surface area contributed by atoms with Gasteiger partial charge < -0.3 is 15.2 Å². The first-order valence-corrected chi connectivity index (χ1v) is 10.4. The van der Waals surface area contributed by atoms with Gasteiger partial charge in [0, 0.05) is 43.0 Å². The molecule has 1 fully saturated rings. The Labute approximate surface area is 181 Å². The summed E-state index contributed by atoms with van der Waals surface area (Å²) in [6.07, 6.45) is 2.80. The molecule has 0 amide bonds. The van der Waals surface area contributed by atoms with Crippen molar-refractivity contribution in [3.8, 4) is 5.75 Å². The third kappa shape index (κ3) is 5.30. The molecular formula is C24H26FN3O3. The van der Waals surface area contributed by atoms with Gasteiger partial charge in [-0.25, -0.2) is 4.39 Å². The Balaban J connectivity index is 1.35. The molecule has 31 heavy (non-hydrogen) atoms. The Hall–Kier alpha value is -3.19. The fourth-order valence-corrected chi connectivity index (χ4v) is 3.92. The number of nitrogens with one attached hydrogen (secondary N) is 1. The van der Waals surface area contributed by atoms with Crippen molar-refractivity contribution in [2.45, 2.75) is 38.6 Å². The zero-order chi connectivity index (χ0) is 21.8. The van der Waals surface area contributed by atoms with Gasteiger partial charge in [0.25, 0.3) is 0 Å². The lowest BCUT2D eigenvalue weighted by Crippen LogP contribution is -2.44. The number of hydrogen-bond donors (Lipinski definition) is 2. The minimum Gasteiger partial charge on any atom is -0.489 e. The number of carboxylic acid groups (broad SMARTS) is 1. The molecule has 2 N–H and O–H groups in total. The number of rotatable bonds is 7. The minimum atomic E-state index is -0.772. The minimum absolute atomic E-state index is 0.00223. The molecule has 0 aromatic heterocycles. The third-order valence-corrected chi connectivity index (χ3v) is 5.66. The number of carbonyl (C=O) groups is 1. The van der Waals surface area contributed by atoms with Gasteiger partial charge in [-0.1, -0.05) is 24.3 Å². The monoisotopic (exact) mass is 423 g/mol. The van der Waals surface area contributed by atoms with Crippen LogP contribution in [-0.4, -0.2) is 40.8 Å². The smallest absolute Gasteiger partial charge is 0.304 e. The summed E-state index contributed by atoms with van der Waals surface area (Å²) in [4.78, 5) is 18.0. The van der Waals surface area contributed by atoms with Gasteiger partial charge in [-0.05, 0) is 42.3 Å². The molecule has 0 aliphatic carbocycles. The first-order chi connectivity index (χ1) is 15.0. The molecule has 2 aliphatic heterocycles. The van der Waals surface area contributed by atoms with E-state index in [1.165, 1.54) is 12.1 Å². The fraction of sp³-hybridized carbons (Fsp3) is 0.333. The van der Waals surface area contributed by atoms with Crippen LogP contribution in [0, 0.1) is 5.82 Å². The van der Waals surface area contributed by atoms with E-state index in [9.17, 15) is 9.18 Å². The number of aliphatic imine (C=N–C) groups is 1. The van der Waals surface area contributed by atoms with Crippen molar-refractivity contribution in [3.05, 3.63) is 77.2 Å². The molecule has 7 heteroatoms. The standard InChI is InChI=1S/C24H26FN3O3/c1-16(11-23(29)30)28-10-9-22-19(14-28)13-26-24(27-22)18-5-7-21(8-6-18)31-15-17-3-2-4-20(25)12-17/h2-8,12-13,16,24,26H,9-11,14-15H2,1H3,(H,29,30). The molecule has 2 atom stereocenters. The first-order valence-electron chi connectivity index (χ1n) is 10.4. The summed E-state index contributed by atoms with van der Waals surface area (Å²) in [6, 6.07) is 14.1. The number of piperidine rings is 1. The maximum Gasteiger partial charge on any atom is 0.304 e. The van der Waals surface area contributed by atoms with Crippen molar-refractivity contribution in [1.82, 2.24) is 10.2 Å². The highest BCUT2D eigenvalue weighted by molar-refractivity contribution is 6.02. The molecule has 0 spiro atoms. The van der Waals surface area contributed by atoms with Crippen molar-refractivity contribution in [2.75, 3.05) is 13.1 Å². The number of hydrogen-bond acceptors (Lipinski definition) is 5. The van der Waals surface area contributed by atoms with Crippen molar-refractivity contribution in [2.24, 2.45) is 4.99 Å². The van der Waals surface area contributed by atoms with E-state index < -0.39 is 5.97 Å². The normalized spacial score (nSPS) is 19.5. The highest BCUT2D eigenvalue weighted by atomic mass is 19.1. The van der Waals surface area contributed by atoms with E-state index >= 15 is 0 Å². The molecule has 2 aromatic rings. The average molecular weight is 423 g/mol. The topological polar surface area (TPSA) is 74.2 Å². The van der Waals surface area contributed by atoms with E-state index in [0.29, 0.717) is 18.9 Å². The number of likely N-dealkylation sites (tertiary alicyclic amines) is 1.